The van der Waals surface area contributed by atoms with Crippen molar-refractivity contribution in [2.75, 3.05) is 11.1 Å². The topological polar surface area (TPSA) is 68.3 Å². The fourth-order valence-electron chi connectivity index (χ4n) is 2.33. The Kier molecular flexibility index (Phi) is 4.40. The number of nitrogens with two attached hydrogens (primary N) is 1. The van der Waals surface area contributed by atoms with Crippen LogP contribution in [-0.4, -0.2) is 5.91 Å². The first kappa shape index (κ1) is 16.3. The van der Waals surface area contributed by atoms with E-state index in [1.807, 2.05) is 25.1 Å². The van der Waals surface area contributed by atoms with E-state index in [4.69, 9.17) is 10.2 Å². The predicted molar refractivity (Wildman–Crippen MR) is 95.3 cm³/mol. The third-order valence-electron chi connectivity index (χ3n) is 3.52. The minimum Gasteiger partial charge on any atom is -0.451 e. The van der Waals surface area contributed by atoms with Gasteiger partial charge in [-0.3, -0.25) is 4.79 Å². The predicted octanol–water partition coefficient (Wildman–Crippen LogP) is 4.99. The molecule has 1 heterocycles. The Balaban J connectivity index is 1.85. The van der Waals surface area contributed by atoms with Gasteiger partial charge in [-0.05, 0) is 61.0 Å². The largest absolute Gasteiger partial charge is 0.451 e. The first-order chi connectivity index (χ1) is 11.4. The van der Waals surface area contributed by atoms with Crippen LogP contribution in [0, 0.1) is 12.7 Å². The molecule has 4 nitrogen and oxygen atoms in total. The molecule has 1 aromatic heterocycles. The molecule has 0 aliphatic rings. The summed E-state index contributed by atoms with van der Waals surface area (Å²) in [5.74, 6) is -0.444. The summed E-state index contributed by atoms with van der Waals surface area (Å²) >= 11 is 3.41. The lowest BCUT2D eigenvalue weighted by Crippen LogP contribution is -2.12. The van der Waals surface area contributed by atoms with Crippen LogP contribution in [0.2, 0.25) is 0 Å². The lowest BCUT2D eigenvalue weighted by molar-refractivity contribution is 0.0997. The summed E-state index contributed by atoms with van der Waals surface area (Å²) in [4.78, 5) is 12.2. The number of hydrogen-bond donors (Lipinski definition) is 2. The van der Waals surface area contributed by atoms with Crippen molar-refractivity contribution in [3.05, 3.63) is 70.1 Å². The van der Waals surface area contributed by atoms with Crippen molar-refractivity contribution < 1.29 is 13.6 Å². The Morgan fingerprint density at radius 2 is 1.96 bits per heavy atom. The zero-order valence-electron chi connectivity index (χ0n) is 12.8. The van der Waals surface area contributed by atoms with Crippen molar-refractivity contribution in [2.45, 2.75) is 6.92 Å². The van der Waals surface area contributed by atoms with E-state index in [9.17, 15) is 9.18 Å². The summed E-state index contributed by atoms with van der Waals surface area (Å²) in [6.45, 7) is 1.95. The molecule has 3 N–H and O–H groups in total. The van der Waals surface area contributed by atoms with Gasteiger partial charge in [-0.25, -0.2) is 4.39 Å². The average Bonchev–Trinajstić information content (AvgIpc) is 3.00. The van der Waals surface area contributed by atoms with Crippen LogP contribution in [0.4, 0.5) is 15.8 Å². The molecule has 0 saturated carbocycles. The van der Waals surface area contributed by atoms with Gasteiger partial charge in [-0.1, -0.05) is 15.9 Å². The van der Waals surface area contributed by atoms with Crippen LogP contribution in [0.15, 0.2) is 57.4 Å². The van der Waals surface area contributed by atoms with Gasteiger partial charge in [0, 0.05) is 15.7 Å². The van der Waals surface area contributed by atoms with Crippen LogP contribution in [0.1, 0.15) is 16.1 Å². The minimum atomic E-state index is -0.562. The lowest BCUT2D eigenvalue weighted by Gasteiger charge is -2.06. The van der Waals surface area contributed by atoms with Crippen molar-refractivity contribution >= 4 is 33.2 Å². The number of nitrogens with one attached hydrogen (secondary N) is 1. The quantitative estimate of drug-likeness (QED) is 0.620. The molecule has 0 radical (unpaired) electrons. The molecule has 3 aromatic rings. The van der Waals surface area contributed by atoms with Gasteiger partial charge >= 0.3 is 0 Å². The van der Waals surface area contributed by atoms with Crippen molar-refractivity contribution in [2.24, 2.45) is 0 Å². The molecule has 122 valence electrons. The molecular formula is C18H14BrFN2O2. The second kappa shape index (κ2) is 6.49. The molecule has 2 aromatic carbocycles. The number of nitrogen functional groups attached to an aromatic ring is 1. The number of carbonyl (C=O) groups excluding carboxylic acids is 1. The fourth-order valence-corrected chi connectivity index (χ4v) is 2.81. The van der Waals surface area contributed by atoms with E-state index in [-0.39, 0.29) is 11.4 Å². The molecule has 6 heteroatoms. The third kappa shape index (κ3) is 3.33. The second-order valence-electron chi connectivity index (χ2n) is 5.32. The average molecular weight is 389 g/mol. The molecule has 0 saturated heterocycles. The Bertz CT molecular complexity index is 921. The maximum absolute atomic E-state index is 13.7. The molecule has 0 atom stereocenters. The number of aryl methyl sites for hydroxylation is 1. The van der Waals surface area contributed by atoms with Gasteiger partial charge in [0.2, 0.25) is 0 Å². The van der Waals surface area contributed by atoms with Crippen molar-refractivity contribution in [3.8, 4) is 11.3 Å². The van der Waals surface area contributed by atoms with Crippen molar-refractivity contribution in [1.29, 1.82) is 0 Å². The summed E-state index contributed by atoms with van der Waals surface area (Å²) < 4.78 is 20.3. The monoisotopic (exact) mass is 388 g/mol. The Morgan fingerprint density at radius 1 is 1.17 bits per heavy atom. The van der Waals surface area contributed by atoms with Gasteiger partial charge in [0.25, 0.3) is 5.91 Å². The van der Waals surface area contributed by atoms with Gasteiger partial charge in [-0.2, -0.15) is 0 Å². The Morgan fingerprint density at radius 3 is 2.71 bits per heavy atom. The summed E-state index contributed by atoms with van der Waals surface area (Å²) in [5, 5.41) is 2.46. The lowest BCUT2D eigenvalue weighted by atomic mass is 10.1. The summed E-state index contributed by atoms with van der Waals surface area (Å²) in [5.41, 5.74) is 7.86. The molecule has 3 rings (SSSR count). The summed E-state index contributed by atoms with van der Waals surface area (Å²) in [6, 6.07) is 13.0. The number of anilines is 2. The smallest absolute Gasteiger partial charge is 0.291 e. The van der Waals surface area contributed by atoms with E-state index in [1.165, 1.54) is 18.2 Å². The second-order valence-corrected chi connectivity index (χ2v) is 6.23. The molecule has 1 amide bonds. The van der Waals surface area contributed by atoms with Gasteiger partial charge in [0.05, 0.1) is 5.69 Å². The first-order valence-corrected chi connectivity index (χ1v) is 7.96. The number of amides is 1. The Labute approximate surface area is 146 Å². The zero-order valence-corrected chi connectivity index (χ0v) is 14.4. The normalized spacial score (nSPS) is 10.6. The first-order valence-electron chi connectivity index (χ1n) is 7.17. The number of furan rings is 1. The van der Waals surface area contributed by atoms with Crippen LogP contribution in [0.3, 0.4) is 0 Å². The van der Waals surface area contributed by atoms with Crippen LogP contribution in [0.25, 0.3) is 11.3 Å². The summed E-state index contributed by atoms with van der Waals surface area (Å²) in [6.07, 6.45) is 0. The molecule has 0 fully saturated rings. The molecular weight excluding hydrogens is 375 g/mol. The highest BCUT2D eigenvalue weighted by Gasteiger charge is 2.15. The molecule has 24 heavy (non-hydrogen) atoms. The van der Waals surface area contributed by atoms with Crippen LogP contribution in [-0.2, 0) is 0 Å². The number of hydrogen-bond acceptors (Lipinski definition) is 3. The maximum atomic E-state index is 13.7. The highest BCUT2D eigenvalue weighted by atomic mass is 79.9. The van der Waals surface area contributed by atoms with Crippen LogP contribution < -0.4 is 11.1 Å². The highest BCUT2D eigenvalue weighted by molar-refractivity contribution is 9.10. The number of benzene rings is 2. The number of halogens is 2. The van der Waals surface area contributed by atoms with E-state index >= 15 is 0 Å². The van der Waals surface area contributed by atoms with E-state index in [0.29, 0.717) is 11.4 Å². The molecule has 0 aliphatic carbocycles. The van der Waals surface area contributed by atoms with Crippen molar-refractivity contribution in [1.82, 2.24) is 0 Å². The van der Waals surface area contributed by atoms with Gasteiger partial charge in [-0.15, -0.1) is 0 Å². The third-order valence-corrected chi connectivity index (χ3v) is 4.02. The summed E-state index contributed by atoms with van der Waals surface area (Å²) in [7, 11) is 0. The van der Waals surface area contributed by atoms with Crippen molar-refractivity contribution in [3.63, 3.8) is 0 Å². The number of carbonyl (C=O) groups is 1. The number of rotatable bonds is 3. The minimum absolute atomic E-state index is 0.0118. The van der Waals surface area contributed by atoms with Crippen LogP contribution >= 0.6 is 15.9 Å². The molecule has 0 bridgehead atoms. The van der Waals surface area contributed by atoms with E-state index in [0.717, 1.165) is 15.6 Å². The Hall–Kier alpha value is -2.60. The molecule has 0 spiro atoms. The van der Waals surface area contributed by atoms with E-state index < -0.39 is 11.7 Å². The van der Waals surface area contributed by atoms with E-state index in [1.54, 1.807) is 12.1 Å². The fraction of sp³-hybridized carbons (Fsp3) is 0.0556. The maximum Gasteiger partial charge on any atom is 0.291 e. The van der Waals surface area contributed by atoms with Gasteiger partial charge in [0.1, 0.15) is 11.6 Å². The van der Waals surface area contributed by atoms with Gasteiger partial charge < -0.3 is 15.5 Å². The molecule has 0 aliphatic heterocycles. The van der Waals surface area contributed by atoms with Crippen LogP contribution in [0.5, 0.6) is 0 Å². The SMILES string of the molecule is Cc1cc(Br)ccc1-c1ccc(C(=O)Nc2cc(N)ccc2F)o1. The molecule has 0 unspecified atom stereocenters. The highest BCUT2D eigenvalue weighted by Crippen LogP contribution is 2.28. The van der Waals surface area contributed by atoms with E-state index in [2.05, 4.69) is 21.2 Å². The standard InChI is InChI=1S/C18H14BrFN2O2/c1-10-8-11(19)2-4-13(10)16-6-7-17(24-16)18(23)22-15-9-12(21)3-5-14(15)20/h2-9H,21H2,1H3,(H,22,23). The zero-order chi connectivity index (χ0) is 17.3. The van der Waals surface area contributed by atoms with Gasteiger partial charge in [0.15, 0.2) is 5.76 Å².